The molecule has 0 amide bonds. The highest BCUT2D eigenvalue weighted by molar-refractivity contribution is 5.80. The molecule has 3 nitrogen and oxygen atoms in total. The molecule has 0 spiro atoms. The van der Waals surface area contributed by atoms with Gasteiger partial charge in [-0.05, 0) is 12.3 Å². The maximum atomic E-state index is 11.5. The second-order valence-corrected chi connectivity index (χ2v) is 4.92. The monoisotopic (exact) mass is 228 g/mol. The molecule has 1 unspecified atom stereocenters. The lowest BCUT2D eigenvalue weighted by molar-refractivity contribution is -0.149. The zero-order valence-corrected chi connectivity index (χ0v) is 11.1. The standard InChI is InChI=1S/C13H24O3/c1-9(2)11(5)13(15)16-8-6-7-12(14)10(3)4/h9-11H,6-8H2,1-5H3. The van der Waals surface area contributed by atoms with Crippen molar-refractivity contribution in [2.75, 3.05) is 6.61 Å². The second kappa shape index (κ2) is 7.42. The molecular formula is C13H24O3. The third-order valence-electron chi connectivity index (χ3n) is 2.83. The van der Waals surface area contributed by atoms with Crippen LogP contribution in [0.2, 0.25) is 0 Å². The Bertz CT molecular complexity index is 231. The molecule has 0 radical (unpaired) electrons. The maximum Gasteiger partial charge on any atom is 0.308 e. The van der Waals surface area contributed by atoms with Crippen molar-refractivity contribution in [1.82, 2.24) is 0 Å². The first-order chi connectivity index (χ1) is 7.36. The molecule has 0 saturated carbocycles. The molecule has 0 aliphatic heterocycles. The van der Waals surface area contributed by atoms with Crippen LogP contribution >= 0.6 is 0 Å². The molecular weight excluding hydrogens is 204 g/mol. The summed E-state index contributed by atoms with van der Waals surface area (Å²) < 4.78 is 5.10. The van der Waals surface area contributed by atoms with Crippen LogP contribution in [0.3, 0.4) is 0 Å². The number of hydrogen-bond acceptors (Lipinski definition) is 3. The van der Waals surface area contributed by atoms with E-state index in [1.165, 1.54) is 0 Å². The largest absolute Gasteiger partial charge is 0.465 e. The molecule has 0 bridgehead atoms. The van der Waals surface area contributed by atoms with Crippen LogP contribution < -0.4 is 0 Å². The zero-order chi connectivity index (χ0) is 12.7. The van der Waals surface area contributed by atoms with Crippen LogP contribution in [0, 0.1) is 17.8 Å². The van der Waals surface area contributed by atoms with Crippen LogP contribution in [-0.2, 0) is 14.3 Å². The van der Waals surface area contributed by atoms with Gasteiger partial charge in [0.05, 0.1) is 12.5 Å². The summed E-state index contributed by atoms with van der Waals surface area (Å²) in [6, 6.07) is 0. The molecule has 0 N–H and O–H groups in total. The minimum absolute atomic E-state index is 0.0687. The zero-order valence-electron chi connectivity index (χ0n) is 11.1. The number of rotatable bonds is 7. The number of carbonyl (C=O) groups excluding carboxylic acids is 2. The van der Waals surface area contributed by atoms with Crippen LogP contribution in [0.15, 0.2) is 0 Å². The maximum absolute atomic E-state index is 11.5. The number of hydrogen-bond donors (Lipinski definition) is 0. The molecule has 0 aromatic rings. The smallest absolute Gasteiger partial charge is 0.308 e. The number of Topliss-reactive ketones (excluding diaryl/α,β-unsaturated/α-hetero) is 1. The lowest BCUT2D eigenvalue weighted by Crippen LogP contribution is -2.20. The fraction of sp³-hybridized carbons (Fsp3) is 0.846. The first-order valence-corrected chi connectivity index (χ1v) is 6.05. The second-order valence-electron chi connectivity index (χ2n) is 4.92. The van der Waals surface area contributed by atoms with Gasteiger partial charge in [0.1, 0.15) is 5.78 Å². The summed E-state index contributed by atoms with van der Waals surface area (Å²) in [7, 11) is 0. The Hall–Kier alpha value is -0.860. The quantitative estimate of drug-likeness (QED) is 0.497. The van der Waals surface area contributed by atoms with Gasteiger partial charge in [-0.15, -0.1) is 0 Å². The van der Waals surface area contributed by atoms with Gasteiger partial charge in [-0.2, -0.15) is 0 Å². The SMILES string of the molecule is CC(C)C(=O)CCCOC(=O)C(C)C(C)C. The Labute approximate surface area is 98.6 Å². The van der Waals surface area contributed by atoms with Crippen LogP contribution in [-0.4, -0.2) is 18.4 Å². The third-order valence-corrected chi connectivity index (χ3v) is 2.83. The van der Waals surface area contributed by atoms with Crippen LogP contribution in [0.5, 0.6) is 0 Å². The lowest BCUT2D eigenvalue weighted by atomic mass is 9.99. The van der Waals surface area contributed by atoms with E-state index in [2.05, 4.69) is 0 Å². The number of ether oxygens (including phenoxy) is 1. The molecule has 0 rings (SSSR count). The summed E-state index contributed by atoms with van der Waals surface area (Å²) in [6.45, 7) is 9.98. The van der Waals surface area contributed by atoms with E-state index >= 15 is 0 Å². The van der Waals surface area contributed by atoms with Gasteiger partial charge in [0.25, 0.3) is 0 Å². The van der Waals surface area contributed by atoms with Crippen molar-refractivity contribution in [3.05, 3.63) is 0 Å². The molecule has 1 atom stereocenters. The first-order valence-electron chi connectivity index (χ1n) is 6.05. The molecule has 0 fully saturated rings. The van der Waals surface area contributed by atoms with Gasteiger partial charge < -0.3 is 4.74 Å². The van der Waals surface area contributed by atoms with Crippen LogP contribution in [0.25, 0.3) is 0 Å². The molecule has 16 heavy (non-hydrogen) atoms. The molecule has 0 aliphatic rings. The van der Waals surface area contributed by atoms with Crippen LogP contribution in [0.4, 0.5) is 0 Å². The molecule has 0 saturated heterocycles. The highest BCUT2D eigenvalue weighted by Crippen LogP contribution is 2.11. The van der Waals surface area contributed by atoms with E-state index in [1.54, 1.807) is 0 Å². The topological polar surface area (TPSA) is 43.4 Å². The average Bonchev–Trinajstić information content (AvgIpc) is 2.22. The molecule has 0 aromatic heterocycles. The number of esters is 1. The van der Waals surface area contributed by atoms with Crippen molar-refractivity contribution in [1.29, 1.82) is 0 Å². The summed E-state index contributed by atoms with van der Waals surface area (Å²) >= 11 is 0. The Balaban J connectivity index is 3.67. The van der Waals surface area contributed by atoms with Gasteiger partial charge in [-0.25, -0.2) is 0 Å². The summed E-state index contributed by atoms with van der Waals surface area (Å²) in [4.78, 5) is 22.7. The normalized spacial score (nSPS) is 12.9. The fourth-order valence-corrected chi connectivity index (χ4v) is 1.11. The van der Waals surface area contributed by atoms with E-state index in [1.807, 2.05) is 34.6 Å². The Morgan fingerprint density at radius 2 is 1.62 bits per heavy atom. The van der Waals surface area contributed by atoms with Crippen molar-refractivity contribution < 1.29 is 14.3 Å². The Kier molecular flexibility index (Phi) is 7.02. The van der Waals surface area contributed by atoms with Gasteiger partial charge in [-0.3, -0.25) is 9.59 Å². The van der Waals surface area contributed by atoms with Crippen molar-refractivity contribution in [2.45, 2.75) is 47.5 Å². The summed E-state index contributed by atoms with van der Waals surface area (Å²) in [5.74, 6) is 0.371. The highest BCUT2D eigenvalue weighted by Gasteiger charge is 2.17. The van der Waals surface area contributed by atoms with E-state index in [9.17, 15) is 9.59 Å². The molecule has 3 heteroatoms. The van der Waals surface area contributed by atoms with Crippen molar-refractivity contribution in [3.63, 3.8) is 0 Å². The van der Waals surface area contributed by atoms with Crippen molar-refractivity contribution in [3.8, 4) is 0 Å². The molecule has 0 aromatic carbocycles. The third kappa shape index (κ3) is 5.89. The average molecular weight is 228 g/mol. The van der Waals surface area contributed by atoms with E-state index < -0.39 is 0 Å². The number of ketones is 1. The number of carbonyl (C=O) groups is 2. The Morgan fingerprint density at radius 3 is 2.06 bits per heavy atom. The highest BCUT2D eigenvalue weighted by atomic mass is 16.5. The molecule has 0 heterocycles. The summed E-state index contributed by atoms with van der Waals surface area (Å²) in [5, 5.41) is 0. The van der Waals surface area contributed by atoms with E-state index in [0.717, 1.165) is 0 Å². The lowest BCUT2D eigenvalue weighted by Gasteiger charge is -2.14. The van der Waals surface area contributed by atoms with E-state index in [4.69, 9.17) is 4.74 Å². The molecule has 0 aliphatic carbocycles. The molecule has 94 valence electrons. The summed E-state index contributed by atoms with van der Waals surface area (Å²) in [6.07, 6.45) is 1.13. The van der Waals surface area contributed by atoms with Crippen molar-refractivity contribution in [2.24, 2.45) is 17.8 Å². The van der Waals surface area contributed by atoms with Crippen molar-refractivity contribution >= 4 is 11.8 Å². The fourth-order valence-electron chi connectivity index (χ4n) is 1.11. The van der Waals surface area contributed by atoms with Gasteiger partial charge >= 0.3 is 5.97 Å². The Morgan fingerprint density at radius 1 is 1.06 bits per heavy atom. The van der Waals surface area contributed by atoms with Gasteiger partial charge in [0.2, 0.25) is 0 Å². The van der Waals surface area contributed by atoms with Gasteiger partial charge in [0, 0.05) is 12.3 Å². The minimum atomic E-state index is -0.160. The minimum Gasteiger partial charge on any atom is -0.465 e. The predicted molar refractivity (Wildman–Crippen MR) is 64.0 cm³/mol. The van der Waals surface area contributed by atoms with E-state index in [-0.39, 0.29) is 23.6 Å². The van der Waals surface area contributed by atoms with E-state index in [0.29, 0.717) is 25.4 Å². The predicted octanol–water partition coefficient (Wildman–Crippen LogP) is 2.83. The summed E-state index contributed by atoms with van der Waals surface area (Å²) in [5.41, 5.74) is 0. The first kappa shape index (κ1) is 15.1. The van der Waals surface area contributed by atoms with Gasteiger partial charge in [-0.1, -0.05) is 34.6 Å². The van der Waals surface area contributed by atoms with Gasteiger partial charge in [0.15, 0.2) is 0 Å². The van der Waals surface area contributed by atoms with Crippen LogP contribution in [0.1, 0.15) is 47.5 Å².